The van der Waals surface area contributed by atoms with Gasteiger partial charge in [-0.05, 0) is 18.2 Å². The molecule has 1 fully saturated rings. The quantitative estimate of drug-likeness (QED) is 0.636. The molecule has 0 bridgehead atoms. The highest BCUT2D eigenvalue weighted by atomic mass is 35.5. The van der Waals surface area contributed by atoms with Crippen LogP contribution in [0.1, 0.15) is 25.8 Å². The number of hydrogen-bond acceptors (Lipinski definition) is 3. The average molecular weight is 292 g/mol. The molecule has 1 aromatic rings. The molecule has 104 valence electrons. The van der Waals surface area contributed by atoms with Crippen LogP contribution in [0.5, 0.6) is 0 Å². The van der Waals surface area contributed by atoms with E-state index in [1.54, 1.807) is 32.0 Å². The minimum absolute atomic E-state index is 0.161. The smallest absolute Gasteiger partial charge is 0.239 e. The number of hydrogen-bond donors (Lipinski definition) is 1. The average Bonchev–Trinajstić information content (AvgIpc) is 2.58. The summed E-state index contributed by atoms with van der Waals surface area (Å²) >= 11 is 6.09. The van der Waals surface area contributed by atoms with Crippen LogP contribution >= 0.6 is 11.6 Å². The molecule has 1 N–H and O–H groups in total. The second-order valence-corrected chi connectivity index (χ2v) is 5.63. The number of benzene rings is 1. The van der Waals surface area contributed by atoms with Gasteiger partial charge in [0.05, 0.1) is 16.1 Å². The number of rotatable bonds is 1. The molecule has 2 rings (SSSR count). The second-order valence-electron chi connectivity index (χ2n) is 5.22. The van der Waals surface area contributed by atoms with Crippen LogP contribution in [0.25, 0.3) is 0 Å². The van der Waals surface area contributed by atoms with Crippen molar-refractivity contribution in [2.45, 2.75) is 20.3 Å². The van der Waals surface area contributed by atoms with Crippen molar-refractivity contribution in [2.24, 2.45) is 5.41 Å². The fraction of sp³-hybridized carbons (Fsp3) is 0.333. The minimum Gasteiger partial charge on any atom is -0.384 e. The summed E-state index contributed by atoms with van der Waals surface area (Å²) in [5.41, 5.74) is 0.216. The topological polar surface area (TPSA) is 57.6 Å². The van der Waals surface area contributed by atoms with Gasteiger partial charge in [-0.25, -0.2) is 4.90 Å². The minimum atomic E-state index is -0.715. The molecule has 0 spiro atoms. The predicted molar refractivity (Wildman–Crippen MR) is 76.3 cm³/mol. The van der Waals surface area contributed by atoms with E-state index in [-0.39, 0.29) is 24.8 Å². The molecule has 2 amide bonds. The zero-order chi connectivity index (χ0) is 14.9. The first-order valence-corrected chi connectivity index (χ1v) is 6.51. The maximum Gasteiger partial charge on any atom is 0.239 e. The lowest BCUT2D eigenvalue weighted by Crippen LogP contribution is -2.33. The molecule has 0 radical (unpaired) electrons. The summed E-state index contributed by atoms with van der Waals surface area (Å²) in [6, 6.07) is 4.84. The number of carbonyl (C=O) groups is 2. The van der Waals surface area contributed by atoms with Gasteiger partial charge in [-0.3, -0.25) is 9.59 Å². The van der Waals surface area contributed by atoms with Gasteiger partial charge in [0.25, 0.3) is 0 Å². The number of aliphatic hydroxyl groups excluding tert-OH is 1. The van der Waals surface area contributed by atoms with Crippen molar-refractivity contribution >= 4 is 29.1 Å². The maximum absolute atomic E-state index is 12.3. The largest absolute Gasteiger partial charge is 0.384 e. The molecular weight excluding hydrogens is 278 g/mol. The number of imide groups is 1. The van der Waals surface area contributed by atoms with Crippen molar-refractivity contribution in [3.05, 3.63) is 28.8 Å². The van der Waals surface area contributed by atoms with Gasteiger partial charge >= 0.3 is 0 Å². The number of carbonyl (C=O) groups excluding carboxylic acids is 2. The van der Waals surface area contributed by atoms with Crippen LogP contribution in [0, 0.1) is 17.3 Å². The van der Waals surface area contributed by atoms with Crippen molar-refractivity contribution < 1.29 is 14.7 Å². The summed E-state index contributed by atoms with van der Waals surface area (Å²) in [5, 5.41) is 9.02. The zero-order valence-electron chi connectivity index (χ0n) is 11.2. The van der Waals surface area contributed by atoms with E-state index < -0.39 is 5.41 Å². The highest BCUT2D eigenvalue weighted by molar-refractivity contribution is 6.36. The molecule has 1 aliphatic rings. The normalized spacial score (nSPS) is 17.1. The van der Waals surface area contributed by atoms with Crippen molar-refractivity contribution in [2.75, 3.05) is 11.5 Å². The molecule has 5 heteroatoms. The lowest BCUT2D eigenvalue weighted by Gasteiger charge is -2.19. The summed E-state index contributed by atoms with van der Waals surface area (Å²) in [6.07, 6.45) is 0.161. The third kappa shape index (κ3) is 2.55. The van der Waals surface area contributed by atoms with E-state index in [1.807, 2.05) is 0 Å². The Morgan fingerprint density at radius 2 is 2.10 bits per heavy atom. The Labute approximate surface area is 122 Å². The van der Waals surface area contributed by atoms with Gasteiger partial charge in [0.15, 0.2) is 0 Å². The van der Waals surface area contributed by atoms with E-state index in [0.29, 0.717) is 16.3 Å². The third-order valence-corrected chi connectivity index (χ3v) is 3.44. The van der Waals surface area contributed by atoms with E-state index in [1.165, 1.54) is 0 Å². The molecular formula is C15H14ClNO3. The number of anilines is 1. The molecule has 4 nitrogen and oxygen atoms in total. The summed E-state index contributed by atoms with van der Waals surface area (Å²) in [4.78, 5) is 25.5. The summed E-state index contributed by atoms with van der Waals surface area (Å²) in [6.45, 7) is 3.21. The van der Waals surface area contributed by atoms with Gasteiger partial charge in [0, 0.05) is 12.0 Å². The van der Waals surface area contributed by atoms with E-state index in [4.69, 9.17) is 16.7 Å². The molecule has 0 unspecified atom stereocenters. The van der Waals surface area contributed by atoms with Gasteiger partial charge in [-0.1, -0.05) is 37.3 Å². The van der Waals surface area contributed by atoms with Gasteiger partial charge in [0.1, 0.15) is 6.61 Å². The molecule has 1 saturated heterocycles. The van der Waals surface area contributed by atoms with Gasteiger partial charge < -0.3 is 5.11 Å². The first kappa shape index (κ1) is 14.6. The highest BCUT2D eigenvalue weighted by Gasteiger charge is 2.46. The summed E-state index contributed by atoms with van der Waals surface area (Å²) < 4.78 is 0. The SMILES string of the molecule is CC1(C)CC(=O)N(c2cc(C#CCO)ccc2Cl)C1=O. The lowest BCUT2D eigenvalue weighted by molar-refractivity contribution is -0.124. The lowest BCUT2D eigenvalue weighted by atomic mass is 9.92. The van der Waals surface area contributed by atoms with Crippen molar-refractivity contribution in [3.8, 4) is 11.8 Å². The third-order valence-electron chi connectivity index (χ3n) is 3.12. The summed E-state index contributed by atoms with van der Waals surface area (Å²) in [5.74, 6) is 4.71. The first-order valence-electron chi connectivity index (χ1n) is 6.13. The molecule has 0 aromatic heterocycles. The van der Waals surface area contributed by atoms with Crippen LogP contribution in [0.3, 0.4) is 0 Å². The molecule has 0 aliphatic carbocycles. The number of halogens is 1. The highest BCUT2D eigenvalue weighted by Crippen LogP contribution is 2.38. The molecule has 1 aliphatic heterocycles. The monoisotopic (exact) mass is 291 g/mol. The fourth-order valence-electron chi connectivity index (χ4n) is 2.10. The first-order chi connectivity index (χ1) is 9.36. The summed E-state index contributed by atoms with van der Waals surface area (Å²) in [7, 11) is 0. The second kappa shape index (κ2) is 5.28. The van der Waals surface area contributed by atoms with Gasteiger partial charge in [0.2, 0.25) is 11.8 Å². The van der Waals surface area contributed by atoms with Crippen LogP contribution in [0.4, 0.5) is 5.69 Å². The Balaban J connectivity index is 2.47. The van der Waals surface area contributed by atoms with Crippen LogP contribution in [0.15, 0.2) is 18.2 Å². The number of nitrogens with zero attached hydrogens (tertiary/aromatic N) is 1. The Morgan fingerprint density at radius 3 is 2.65 bits per heavy atom. The number of aliphatic hydroxyl groups is 1. The Bertz CT molecular complexity index is 640. The molecule has 1 heterocycles. The van der Waals surface area contributed by atoms with E-state index in [9.17, 15) is 9.59 Å². The van der Waals surface area contributed by atoms with Crippen molar-refractivity contribution in [1.29, 1.82) is 0 Å². The van der Waals surface area contributed by atoms with E-state index in [0.717, 1.165) is 4.90 Å². The Hall–Kier alpha value is -1.83. The standard InChI is InChI=1S/C15H14ClNO3/c1-15(2)9-13(19)17(14(15)20)12-8-10(4-3-7-18)5-6-11(12)16/h5-6,8,18H,7,9H2,1-2H3. The van der Waals surface area contributed by atoms with E-state index >= 15 is 0 Å². The van der Waals surface area contributed by atoms with Crippen LogP contribution < -0.4 is 4.90 Å². The zero-order valence-corrected chi connectivity index (χ0v) is 12.0. The maximum atomic E-state index is 12.3. The van der Waals surface area contributed by atoms with Crippen LogP contribution in [-0.4, -0.2) is 23.5 Å². The number of amides is 2. The van der Waals surface area contributed by atoms with Gasteiger partial charge in [-0.15, -0.1) is 0 Å². The molecule has 0 saturated carbocycles. The Kier molecular flexibility index (Phi) is 3.85. The van der Waals surface area contributed by atoms with Crippen LogP contribution in [0.2, 0.25) is 5.02 Å². The van der Waals surface area contributed by atoms with Crippen LogP contribution in [-0.2, 0) is 9.59 Å². The van der Waals surface area contributed by atoms with Crippen molar-refractivity contribution in [3.63, 3.8) is 0 Å². The van der Waals surface area contributed by atoms with E-state index in [2.05, 4.69) is 11.8 Å². The molecule has 1 aromatic carbocycles. The fourth-order valence-corrected chi connectivity index (χ4v) is 2.30. The van der Waals surface area contributed by atoms with Gasteiger partial charge in [-0.2, -0.15) is 0 Å². The molecule has 20 heavy (non-hydrogen) atoms. The molecule has 0 atom stereocenters. The Morgan fingerprint density at radius 1 is 1.40 bits per heavy atom. The van der Waals surface area contributed by atoms with Crippen molar-refractivity contribution in [1.82, 2.24) is 0 Å². The predicted octanol–water partition coefficient (Wildman–Crippen LogP) is 1.97.